The van der Waals surface area contributed by atoms with Gasteiger partial charge in [0.2, 0.25) is 0 Å². The first-order chi connectivity index (χ1) is 18.1. The van der Waals surface area contributed by atoms with E-state index in [9.17, 15) is 10.1 Å². The van der Waals surface area contributed by atoms with E-state index < -0.39 is 0 Å². The second-order valence-corrected chi connectivity index (χ2v) is 9.59. The molecule has 0 spiro atoms. The Balaban J connectivity index is 1.71. The van der Waals surface area contributed by atoms with Crippen LogP contribution in [0.1, 0.15) is 28.7 Å². The van der Waals surface area contributed by atoms with Gasteiger partial charge in [-0.2, -0.15) is 17.9 Å². The number of thiol groups is 1. The van der Waals surface area contributed by atoms with Crippen LogP contribution in [-0.2, 0) is 16.1 Å². The SMILES string of the molecule is N#Cc1c(/C=C/c2cc(OCCCS)c(Cl)cc2CN2CCOCC2C=O)cccc1-c1ccccc1. The highest BCUT2D eigenvalue weighted by atomic mass is 35.5. The lowest BCUT2D eigenvalue weighted by Gasteiger charge is -2.32. The molecule has 0 amide bonds. The molecular weight excluding hydrogens is 504 g/mol. The number of nitrogens with zero attached hydrogens (tertiary/aromatic N) is 2. The van der Waals surface area contributed by atoms with Gasteiger partial charge in [0.25, 0.3) is 0 Å². The minimum atomic E-state index is -0.302. The molecule has 1 aliphatic rings. The molecule has 37 heavy (non-hydrogen) atoms. The van der Waals surface area contributed by atoms with Gasteiger partial charge in [-0.05, 0) is 46.6 Å². The third kappa shape index (κ3) is 6.82. The Morgan fingerprint density at radius 3 is 2.70 bits per heavy atom. The van der Waals surface area contributed by atoms with Crippen molar-refractivity contribution in [3.63, 3.8) is 0 Å². The number of benzene rings is 3. The molecule has 0 saturated carbocycles. The molecule has 190 valence electrons. The highest BCUT2D eigenvalue weighted by molar-refractivity contribution is 7.80. The van der Waals surface area contributed by atoms with Crippen LogP contribution < -0.4 is 4.74 Å². The van der Waals surface area contributed by atoms with Crippen molar-refractivity contribution in [1.29, 1.82) is 5.26 Å². The minimum absolute atomic E-state index is 0.302. The summed E-state index contributed by atoms with van der Waals surface area (Å²) in [6.07, 6.45) is 5.67. The lowest BCUT2D eigenvalue weighted by molar-refractivity contribution is -0.118. The van der Waals surface area contributed by atoms with Gasteiger partial charge in [-0.3, -0.25) is 4.90 Å². The lowest BCUT2D eigenvalue weighted by atomic mass is 9.95. The molecule has 1 unspecified atom stereocenters. The number of hydrogen-bond acceptors (Lipinski definition) is 6. The molecular formula is C30H29ClN2O3S. The summed E-state index contributed by atoms with van der Waals surface area (Å²) in [4.78, 5) is 13.7. The Morgan fingerprint density at radius 1 is 1.14 bits per heavy atom. The Bertz CT molecular complexity index is 1290. The maximum atomic E-state index is 11.6. The first kappa shape index (κ1) is 27.0. The van der Waals surface area contributed by atoms with Crippen LogP contribution in [0.3, 0.4) is 0 Å². The molecule has 3 aromatic carbocycles. The van der Waals surface area contributed by atoms with Gasteiger partial charge < -0.3 is 14.3 Å². The predicted molar refractivity (Wildman–Crippen MR) is 152 cm³/mol. The molecule has 3 aromatic rings. The predicted octanol–water partition coefficient (Wildman–Crippen LogP) is 6.15. The maximum absolute atomic E-state index is 11.6. The molecule has 5 nitrogen and oxygen atoms in total. The van der Waals surface area contributed by atoms with Crippen molar-refractivity contribution in [2.45, 2.75) is 19.0 Å². The second-order valence-electron chi connectivity index (χ2n) is 8.74. The maximum Gasteiger partial charge on any atom is 0.139 e. The highest BCUT2D eigenvalue weighted by Crippen LogP contribution is 2.32. The number of nitriles is 1. The van der Waals surface area contributed by atoms with Gasteiger partial charge in [-0.15, -0.1) is 0 Å². The van der Waals surface area contributed by atoms with Gasteiger partial charge in [-0.25, -0.2) is 0 Å². The van der Waals surface area contributed by atoms with Crippen LogP contribution in [0, 0.1) is 11.3 Å². The fraction of sp³-hybridized carbons (Fsp3) is 0.267. The molecule has 0 aliphatic carbocycles. The summed E-state index contributed by atoms with van der Waals surface area (Å²) in [5.74, 6) is 1.32. The number of halogens is 1. The fourth-order valence-corrected chi connectivity index (χ4v) is 4.70. The molecule has 1 saturated heterocycles. The molecule has 1 heterocycles. The zero-order valence-electron chi connectivity index (χ0n) is 20.5. The average molecular weight is 533 g/mol. The number of ether oxygens (including phenoxy) is 2. The van der Waals surface area contributed by atoms with E-state index in [2.05, 4.69) is 23.6 Å². The molecule has 4 rings (SSSR count). The topological polar surface area (TPSA) is 62.6 Å². The monoisotopic (exact) mass is 532 g/mol. The molecule has 7 heteroatoms. The largest absolute Gasteiger partial charge is 0.492 e. The van der Waals surface area contributed by atoms with Crippen LogP contribution in [0.15, 0.2) is 60.7 Å². The number of rotatable bonds is 10. The first-order valence-corrected chi connectivity index (χ1v) is 13.3. The summed E-state index contributed by atoms with van der Waals surface area (Å²) in [5, 5.41) is 10.5. The van der Waals surface area contributed by atoms with Crippen molar-refractivity contribution < 1.29 is 14.3 Å². The van der Waals surface area contributed by atoms with Gasteiger partial charge in [0.1, 0.15) is 18.1 Å². The molecule has 1 atom stereocenters. The summed E-state index contributed by atoms with van der Waals surface area (Å²) in [7, 11) is 0. The minimum Gasteiger partial charge on any atom is -0.492 e. The van der Waals surface area contributed by atoms with E-state index in [1.807, 2.05) is 72.8 Å². The van der Waals surface area contributed by atoms with E-state index >= 15 is 0 Å². The zero-order valence-corrected chi connectivity index (χ0v) is 22.1. The summed E-state index contributed by atoms with van der Waals surface area (Å²) in [6, 6.07) is 21.7. The van der Waals surface area contributed by atoms with Crippen molar-refractivity contribution in [3.05, 3.63) is 87.9 Å². The smallest absolute Gasteiger partial charge is 0.139 e. The van der Waals surface area contributed by atoms with Crippen molar-refractivity contribution in [1.82, 2.24) is 4.90 Å². The van der Waals surface area contributed by atoms with E-state index in [0.717, 1.165) is 46.3 Å². The zero-order chi connectivity index (χ0) is 26.0. The Hall–Kier alpha value is -3.08. The van der Waals surface area contributed by atoms with E-state index in [0.29, 0.717) is 49.2 Å². The van der Waals surface area contributed by atoms with Crippen LogP contribution in [0.25, 0.3) is 23.3 Å². The molecule has 0 bridgehead atoms. The third-order valence-corrected chi connectivity index (χ3v) is 6.91. The average Bonchev–Trinajstić information content (AvgIpc) is 2.94. The fourth-order valence-electron chi connectivity index (χ4n) is 4.33. The molecule has 1 fully saturated rings. The summed E-state index contributed by atoms with van der Waals surface area (Å²) >= 11 is 10.9. The van der Waals surface area contributed by atoms with Crippen molar-refractivity contribution in [2.24, 2.45) is 0 Å². The number of hydrogen-bond donors (Lipinski definition) is 1. The van der Waals surface area contributed by atoms with Crippen molar-refractivity contribution in [2.75, 3.05) is 32.1 Å². The number of carbonyl (C=O) groups is 1. The van der Waals surface area contributed by atoms with Gasteiger partial charge >= 0.3 is 0 Å². The third-order valence-electron chi connectivity index (χ3n) is 6.30. The van der Waals surface area contributed by atoms with Gasteiger partial charge in [-0.1, -0.05) is 72.3 Å². The standard InChI is InChI=1S/C30H29ClN2O3S/c31-29-16-25(19-33-12-14-35-21-26(33)20-34)24(17-30(29)36-13-5-15-37)11-10-23-8-4-9-27(28(23)18-32)22-6-2-1-3-7-22/h1-4,6-11,16-17,20,26,37H,5,12-15,19,21H2/b11-10+. The van der Waals surface area contributed by atoms with Crippen LogP contribution in [0.5, 0.6) is 5.75 Å². The number of aldehydes is 1. The van der Waals surface area contributed by atoms with Crippen molar-refractivity contribution >= 4 is 42.7 Å². The van der Waals surface area contributed by atoms with E-state index in [1.165, 1.54) is 0 Å². The second kappa shape index (κ2) is 13.5. The van der Waals surface area contributed by atoms with Crippen LogP contribution >= 0.6 is 24.2 Å². The van der Waals surface area contributed by atoms with Gasteiger partial charge in [0.05, 0.1) is 36.4 Å². The summed E-state index contributed by atoms with van der Waals surface area (Å²) < 4.78 is 11.4. The lowest BCUT2D eigenvalue weighted by Crippen LogP contribution is -2.45. The van der Waals surface area contributed by atoms with E-state index in [1.54, 1.807) is 0 Å². The normalized spacial score (nSPS) is 16.0. The van der Waals surface area contributed by atoms with E-state index in [4.69, 9.17) is 21.1 Å². The van der Waals surface area contributed by atoms with E-state index in [-0.39, 0.29) is 6.04 Å². The Kier molecular flexibility index (Phi) is 9.81. The van der Waals surface area contributed by atoms with Crippen LogP contribution in [0.2, 0.25) is 5.02 Å². The summed E-state index contributed by atoms with van der Waals surface area (Å²) in [6.45, 7) is 2.66. The summed E-state index contributed by atoms with van der Waals surface area (Å²) in [5.41, 5.74) is 5.19. The molecule has 0 N–H and O–H groups in total. The number of carbonyl (C=O) groups excluding carboxylic acids is 1. The van der Waals surface area contributed by atoms with Gasteiger partial charge in [0, 0.05) is 18.7 Å². The van der Waals surface area contributed by atoms with Crippen LogP contribution in [-0.4, -0.2) is 49.3 Å². The van der Waals surface area contributed by atoms with Crippen LogP contribution in [0.4, 0.5) is 0 Å². The van der Waals surface area contributed by atoms with Crippen molar-refractivity contribution in [3.8, 4) is 22.9 Å². The highest BCUT2D eigenvalue weighted by Gasteiger charge is 2.23. The Labute approximate surface area is 228 Å². The quantitative estimate of drug-likeness (QED) is 0.147. The van der Waals surface area contributed by atoms with Gasteiger partial charge in [0.15, 0.2) is 0 Å². The Morgan fingerprint density at radius 2 is 1.95 bits per heavy atom. The number of morpholine rings is 1. The molecule has 0 radical (unpaired) electrons. The molecule has 1 aliphatic heterocycles. The molecule has 0 aromatic heterocycles. The first-order valence-electron chi connectivity index (χ1n) is 12.2.